The van der Waals surface area contributed by atoms with E-state index < -0.39 is 0 Å². The molecule has 4 amide bonds. The van der Waals surface area contributed by atoms with E-state index in [1.165, 1.54) is 73.2 Å². The molecule has 20 heteroatoms. The van der Waals surface area contributed by atoms with E-state index in [0.717, 1.165) is 23.6 Å². The Labute approximate surface area is 590 Å². The van der Waals surface area contributed by atoms with Crippen molar-refractivity contribution in [1.29, 1.82) is 0 Å². The molecular weight excluding hydrogens is 1200 g/mol. The van der Waals surface area contributed by atoms with Crippen LogP contribution < -0.4 is 0 Å². The number of rotatable bonds is 3. The topological polar surface area (TPSA) is 211 Å². The largest absolute Gasteiger partial charge is 0.382 e. The SMILES string of the molecule is C1CCCC1.CC.CC.CC.CC.CC.CC.CC.CC.CC.CC1CC(=O)N(C)C1=O.CC1CC(=O)N(C)C1=O.CC1CN(C)N=N1.CC1N=NN(C)C1C.CCC.COCCOC.Cc1cn(C)nn1.Cc1nnn(C)c1C.c1ccc2ccccc2c1.c1ccccc1. The van der Waals surface area contributed by atoms with Gasteiger partial charge in [-0.3, -0.25) is 48.4 Å². The molecule has 10 rings (SSSR count). The standard InChI is InChI=1S/C10H8.2C6H9NO2.C6H6.C5H11N3.C5H9N3.C5H10.C4H9N3.C4H7N3.C4H10O2.C3H8.9C2H6/c1-2-6-10-8-4-3-7-9(10)5-1;2*1-4-3-5(8)7(2)6(4)9;1-2-4-6-5-3-1;2*1-4-5(2)8(3)7-6-4;1-2-4-5-3-1;2*1-4-3-7(2)6-5-4;1-5-3-4-6-2;1-3-2;9*1-2/h1-8H;2*4H,3H2,1-2H3;1-6H;4-5H,1-3H3;1-3H3;1-5H2;4H,3H2,1-2H3;3H,1-2H3;3-4H2,1-2H3;3H2,1-2H3;9*1-2H3. The number of aryl methyl sites for hydroxylation is 4. The maximum absolute atomic E-state index is 10.8. The number of methoxy groups -OCH3 is 2. The lowest BCUT2D eigenvalue weighted by molar-refractivity contribution is -0.139. The van der Waals surface area contributed by atoms with Crippen LogP contribution in [0.25, 0.3) is 10.8 Å². The molecule has 3 aromatic carbocycles. The summed E-state index contributed by atoms with van der Waals surface area (Å²) in [7, 11) is 13.9. The second-order valence-corrected chi connectivity index (χ2v) is 19.3. The van der Waals surface area contributed by atoms with E-state index in [1.54, 1.807) is 37.4 Å². The number of imide groups is 2. The summed E-state index contributed by atoms with van der Waals surface area (Å²) in [6.45, 7) is 58.2. The van der Waals surface area contributed by atoms with Gasteiger partial charge in [0, 0.05) is 87.4 Å². The first-order valence-corrected chi connectivity index (χ1v) is 36.0. The Morgan fingerprint density at radius 1 is 0.469 bits per heavy atom. The number of carbonyl (C=O) groups is 4. The summed E-state index contributed by atoms with van der Waals surface area (Å²) < 4.78 is 12.7. The van der Waals surface area contributed by atoms with Crippen molar-refractivity contribution in [3.05, 3.63) is 108 Å². The van der Waals surface area contributed by atoms with Crippen LogP contribution in [-0.4, -0.2) is 154 Å². The zero-order valence-corrected chi connectivity index (χ0v) is 68.5. The van der Waals surface area contributed by atoms with E-state index in [9.17, 15) is 19.2 Å². The van der Waals surface area contributed by atoms with Crippen molar-refractivity contribution < 1.29 is 28.7 Å². The van der Waals surface area contributed by atoms with Gasteiger partial charge in [0.15, 0.2) is 0 Å². The number of nitrogens with zero attached hydrogens (tertiary/aromatic N) is 14. The Balaban J connectivity index is -0.000000104. The van der Waals surface area contributed by atoms with Gasteiger partial charge in [0.25, 0.3) is 0 Å². The normalized spacial score (nSPS) is 16.0. The minimum Gasteiger partial charge on any atom is -0.382 e. The van der Waals surface area contributed by atoms with E-state index >= 15 is 0 Å². The van der Waals surface area contributed by atoms with E-state index in [-0.39, 0.29) is 35.5 Å². The molecule has 3 fully saturated rings. The Morgan fingerprint density at radius 2 is 0.802 bits per heavy atom. The Morgan fingerprint density at radius 3 is 0.917 bits per heavy atom. The van der Waals surface area contributed by atoms with Crippen molar-refractivity contribution in [2.24, 2.45) is 46.6 Å². The van der Waals surface area contributed by atoms with Gasteiger partial charge in [0.1, 0.15) is 0 Å². The second-order valence-electron chi connectivity index (χ2n) is 19.3. The number of ether oxygens (including phenoxy) is 2. The van der Waals surface area contributed by atoms with Crippen LogP contribution in [0.5, 0.6) is 0 Å². The summed E-state index contributed by atoms with van der Waals surface area (Å²) in [6.07, 6.45) is 11.4. The van der Waals surface area contributed by atoms with Gasteiger partial charge in [0.05, 0.1) is 55.0 Å². The van der Waals surface area contributed by atoms with Crippen LogP contribution in [0.15, 0.2) is 112 Å². The van der Waals surface area contributed by atoms with Crippen LogP contribution in [0, 0.1) is 32.6 Å². The predicted molar refractivity (Wildman–Crippen MR) is 413 cm³/mol. The van der Waals surface area contributed by atoms with Gasteiger partial charge in [-0.2, -0.15) is 10.2 Å². The quantitative estimate of drug-likeness (QED) is 0.122. The molecule has 20 nitrogen and oxygen atoms in total. The minimum atomic E-state index is -0.0949. The minimum absolute atomic E-state index is 0.0556. The Kier molecular flexibility index (Phi) is 97.1. The molecule has 5 aliphatic rings. The van der Waals surface area contributed by atoms with Gasteiger partial charge < -0.3 is 9.47 Å². The number of likely N-dealkylation sites (N-methyl/N-ethyl adjacent to an activating group) is 2. The maximum Gasteiger partial charge on any atom is 0.232 e. The number of carbonyl (C=O) groups excluding carboxylic acids is 4. The molecule has 6 heterocycles. The fraction of sp³-hybridized carbons (Fsp3) is 0.684. The maximum atomic E-state index is 10.8. The lowest BCUT2D eigenvalue weighted by Crippen LogP contribution is -2.26. The molecule has 1 aliphatic carbocycles. The van der Waals surface area contributed by atoms with Crippen molar-refractivity contribution in [2.45, 2.75) is 263 Å². The number of amides is 4. The monoisotopic (exact) mass is 1360 g/mol. The fourth-order valence-electron chi connectivity index (χ4n) is 6.70. The first kappa shape index (κ1) is 111. The van der Waals surface area contributed by atoms with E-state index in [2.05, 4.69) is 127 Å². The van der Waals surface area contributed by atoms with Crippen molar-refractivity contribution >= 4 is 34.4 Å². The van der Waals surface area contributed by atoms with Crippen LogP contribution in [0.3, 0.4) is 0 Å². The van der Waals surface area contributed by atoms with Gasteiger partial charge in [0.2, 0.25) is 23.6 Å². The van der Waals surface area contributed by atoms with Crippen LogP contribution in [0.4, 0.5) is 0 Å². The van der Waals surface area contributed by atoms with E-state index in [4.69, 9.17) is 0 Å². The van der Waals surface area contributed by atoms with Crippen molar-refractivity contribution in [1.82, 2.24) is 49.8 Å². The molecule has 4 aliphatic heterocycles. The van der Waals surface area contributed by atoms with Gasteiger partial charge in [-0.15, -0.1) is 10.2 Å². The van der Waals surface area contributed by atoms with Crippen LogP contribution in [-0.2, 0) is 42.7 Å². The fourth-order valence-corrected chi connectivity index (χ4v) is 6.70. The first-order chi connectivity index (χ1) is 46.1. The molecule has 1 saturated carbocycles. The summed E-state index contributed by atoms with van der Waals surface area (Å²) in [5.41, 5.74) is 3.10. The van der Waals surface area contributed by atoms with Crippen molar-refractivity contribution in [2.75, 3.05) is 62.2 Å². The molecule has 96 heavy (non-hydrogen) atoms. The van der Waals surface area contributed by atoms with Gasteiger partial charge >= 0.3 is 0 Å². The molecule has 0 spiro atoms. The summed E-state index contributed by atoms with van der Waals surface area (Å²) >= 11 is 0. The van der Waals surface area contributed by atoms with Crippen LogP contribution >= 0.6 is 0 Å². The number of aromatic nitrogens is 6. The molecule has 560 valence electrons. The predicted octanol–water partition coefficient (Wildman–Crippen LogP) is 19.7. The molecule has 2 saturated heterocycles. The summed E-state index contributed by atoms with van der Waals surface area (Å²) in [6, 6.07) is 30.0. The number of likely N-dealkylation sites (tertiary alicyclic amines) is 2. The summed E-state index contributed by atoms with van der Waals surface area (Å²) in [4.78, 5) is 45.4. The Bertz CT molecular complexity index is 2230. The van der Waals surface area contributed by atoms with Gasteiger partial charge in [-0.1, -0.05) is 297 Å². The second kappa shape index (κ2) is 84.3. The highest BCUT2D eigenvalue weighted by Crippen LogP contribution is 2.18. The number of hydrogen-bond acceptors (Lipinski definition) is 16. The Hall–Kier alpha value is -6.80. The van der Waals surface area contributed by atoms with Crippen LogP contribution in [0.2, 0.25) is 0 Å². The number of fused-ring (bicyclic) bond motifs is 1. The lowest BCUT2D eigenvalue weighted by Gasteiger charge is -2.13. The first-order valence-electron chi connectivity index (χ1n) is 36.0. The lowest BCUT2D eigenvalue weighted by atomic mass is 10.1. The molecule has 5 aromatic rings. The van der Waals surface area contributed by atoms with E-state index in [1.807, 2.05) is 233 Å². The molecule has 0 radical (unpaired) electrons. The van der Waals surface area contributed by atoms with Gasteiger partial charge in [-0.05, 0) is 52.3 Å². The molecule has 0 N–H and O–H groups in total. The highest BCUT2D eigenvalue weighted by atomic mass is 16.5. The molecule has 5 atom stereocenters. The highest BCUT2D eigenvalue weighted by molar-refractivity contribution is 6.03. The van der Waals surface area contributed by atoms with Crippen molar-refractivity contribution in [3.8, 4) is 0 Å². The highest BCUT2D eigenvalue weighted by Gasteiger charge is 2.33. The zero-order valence-electron chi connectivity index (χ0n) is 68.5. The third kappa shape index (κ3) is 63.3. The number of benzene rings is 3. The molecule has 5 unspecified atom stereocenters. The summed E-state index contributed by atoms with van der Waals surface area (Å²) in [5.74, 6) is -0.426. The third-order valence-electron chi connectivity index (χ3n) is 11.9. The average molecular weight is 1360 g/mol. The van der Waals surface area contributed by atoms with Crippen LogP contribution in [0.1, 0.15) is 242 Å². The molecule has 0 bridgehead atoms. The van der Waals surface area contributed by atoms with Gasteiger partial charge in [-0.25, -0.2) is 0 Å². The third-order valence-corrected chi connectivity index (χ3v) is 11.9. The summed E-state index contributed by atoms with van der Waals surface area (Å²) in [5, 5.41) is 36.8. The van der Waals surface area contributed by atoms with Crippen molar-refractivity contribution in [3.63, 3.8) is 0 Å². The average Bonchev–Trinajstić information content (AvgIpc) is 1.49. The molecular formula is C76H150N14O6. The zero-order chi connectivity index (χ0) is 77.0. The van der Waals surface area contributed by atoms with E-state index in [0.29, 0.717) is 44.2 Å². The smallest absolute Gasteiger partial charge is 0.232 e. The number of hydrogen-bond donors (Lipinski definition) is 0. The molecule has 2 aromatic heterocycles.